The van der Waals surface area contributed by atoms with Gasteiger partial charge in [0.2, 0.25) is 0 Å². The van der Waals surface area contributed by atoms with Gasteiger partial charge in [0.05, 0.1) is 7.11 Å². The van der Waals surface area contributed by atoms with Crippen LogP contribution in [0.5, 0.6) is 5.75 Å². The smallest absolute Gasteiger partial charge is 0.321 e. The lowest BCUT2D eigenvalue weighted by molar-refractivity contribution is 0.252. The quantitative estimate of drug-likeness (QED) is 0.800. The summed E-state index contributed by atoms with van der Waals surface area (Å²) in [6.45, 7) is 1.20. The van der Waals surface area contributed by atoms with Crippen LogP contribution in [0.2, 0.25) is 0 Å². The molecule has 0 radical (unpaired) electrons. The number of urea groups is 1. The number of rotatable bonds is 2. The fourth-order valence-electron chi connectivity index (χ4n) is 1.53. The predicted molar refractivity (Wildman–Crippen MR) is 53.7 cm³/mol. The van der Waals surface area contributed by atoms with Gasteiger partial charge in [0, 0.05) is 24.8 Å². The van der Waals surface area contributed by atoms with E-state index in [1.165, 1.54) is 19.2 Å². The second kappa shape index (κ2) is 3.76. The Hall–Kier alpha value is -1.78. The SMILES string of the molecule is COc1cc(N2CCNC2=O)ccc1F. The highest BCUT2D eigenvalue weighted by atomic mass is 19.1. The zero-order valence-corrected chi connectivity index (χ0v) is 8.29. The van der Waals surface area contributed by atoms with Gasteiger partial charge in [-0.2, -0.15) is 0 Å². The molecular weight excluding hydrogens is 199 g/mol. The van der Waals surface area contributed by atoms with Crippen LogP contribution in [-0.4, -0.2) is 26.2 Å². The molecule has 0 saturated carbocycles. The van der Waals surface area contributed by atoms with Crippen LogP contribution in [0.25, 0.3) is 0 Å². The number of halogens is 1. The monoisotopic (exact) mass is 210 g/mol. The standard InChI is InChI=1S/C10H11FN2O2/c1-15-9-6-7(2-3-8(9)11)13-5-4-12-10(13)14/h2-3,6H,4-5H2,1H3,(H,12,14). The molecule has 1 saturated heterocycles. The Balaban J connectivity index is 2.32. The van der Waals surface area contributed by atoms with Crippen molar-refractivity contribution in [3.05, 3.63) is 24.0 Å². The topological polar surface area (TPSA) is 41.6 Å². The van der Waals surface area contributed by atoms with Crippen molar-refractivity contribution in [1.82, 2.24) is 5.32 Å². The van der Waals surface area contributed by atoms with E-state index >= 15 is 0 Å². The van der Waals surface area contributed by atoms with E-state index < -0.39 is 5.82 Å². The van der Waals surface area contributed by atoms with E-state index in [0.717, 1.165) is 0 Å². The van der Waals surface area contributed by atoms with Crippen LogP contribution < -0.4 is 15.0 Å². The maximum absolute atomic E-state index is 13.1. The van der Waals surface area contributed by atoms with Crippen LogP contribution in [0.1, 0.15) is 0 Å². The molecule has 0 aromatic heterocycles. The van der Waals surface area contributed by atoms with Gasteiger partial charge >= 0.3 is 6.03 Å². The summed E-state index contributed by atoms with van der Waals surface area (Å²) in [6.07, 6.45) is 0. The molecule has 2 amide bonds. The molecule has 2 rings (SSSR count). The Morgan fingerprint density at radius 2 is 2.33 bits per heavy atom. The summed E-state index contributed by atoms with van der Waals surface area (Å²) in [5.74, 6) is -0.284. The minimum absolute atomic E-state index is 0.146. The number of nitrogens with one attached hydrogen (secondary N) is 1. The van der Waals surface area contributed by atoms with E-state index in [0.29, 0.717) is 18.8 Å². The van der Waals surface area contributed by atoms with Crippen molar-refractivity contribution >= 4 is 11.7 Å². The molecule has 80 valence electrons. The number of carbonyl (C=O) groups excluding carboxylic acids is 1. The first kappa shape index (κ1) is 9.76. The summed E-state index contributed by atoms with van der Waals surface area (Å²) in [4.78, 5) is 12.9. The molecule has 1 aromatic carbocycles. The Morgan fingerprint density at radius 1 is 1.53 bits per heavy atom. The predicted octanol–water partition coefficient (Wildman–Crippen LogP) is 1.36. The Labute approximate surface area is 86.6 Å². The average Bonchev–Trinajstić information content (AvgIpc) is 2.65. The van der Waals surface area contributed by atoms with Crippen LogP contribution in [-0.2, 0) is 0 Å². The molecule has 0 spiro atoms. The maximum atomic E-state index is 13.1. The highest BCUT2D eigenvalue weighted by molar-refractivity contribution is 5.94. The third kappa shape index (κ3) is 1.72. The van der Waals surface area contributed by atoms with E-state index in [4.69, 9.17) is 4.74 Å². The fourth-order valence-corrected chi connectivity index (χ4v) is 1.53. The van der Waals surface area contributed by atoms with Crippen molar-refractivity contribution in [3.63, 3.8) is 0 Å². The molecule has 1 heterocycles. The largest absolute Gasteiger partial charge is 0.494 e. The van der Waals surface area contributed by atoms with Crippen molar-refractivity contribution in [2.45, 2.75) is 0 Å². The lowest BCUT2D eigenvalue weighted by Gasteiger charge is -2.15. The molecule has 1 fully saturated rings. The minimum Gasteiger partial charge on any atom is -0.494 e. The van der Waals surface area contributed by atoms with Crippen LogP contribution in [0.15, 0.2) is 18.2 Å². The van der Waals surface area contributed by atoms with E-state index in [2.05, 4.69) is 5.32 Å². The average molecular weight is 210 g/mol. The molecule has 1 aromatic rings. The molecule has 1 N–H and O–H groups in total. The second-order valence-electron chi connectivity index (χ2n) is 3.20. The first-order chi connectivity index (χ1) is 7.22. The fraction of sp³-hybridized carbons (Fsp3) is 0.300. The number of methoxy groups -OCH3 is 1. The third-order valence-corrected chi connectivity index (χ3v) is 2.30. The Kier molecular flexibility index (Phi) is 2.45. The van der Waals surface area contributed by atoms with Gasteiger partial charge in [-0.3, -0.25) is 4.90 Å². The minimum atomic E-state index is -0.430. The maximum Gasteiger partial charge on any atom is 0.321 e. The van der Waals surface area contributed by atoms with Crippen molar-refractivity contribution in [3.8, 4) is 5.75 Å². The van der Waals surface area contributed by atoms with Crippen LogP contribution in [0, 0.1) is 5.82 Å². The molecule has 0 aliphatic carbocycles. The second-order valence-corrected chi connectivity index (χ2v) is 3.20. The molecule has 1 aliphatic rings. The van der Waals surface area contributed by atoms with E-state index in [1.807, 2.05) is 0 Å². The van der Waals surface area contributed by atoms with Crippen molar-refractivity contribution in [2.24, 2.45) is 0 Å². The molecule has 0 bridgehead atoms. The molecule has 0 unspecified atom stereocenters. The van der Waals surface area contributed by atoms with Crippen molar-refractivity contribution in [2.75, 3.05) is 25.1 Å². The summed E-state index contributed by atoms with van der Waals surface area (Å²) in [6, 6.07) is 4.20. The zero-order chi connectivity index (χ0) is 10.8. The van der Waals surface area contributed by atoms with E-state index in [-0.39, 0.29) is 11.8 Å². The van der Waals surface area contributed by atoms with Gasteiger partial charge in [0.25, 0.3) is 0 Å². The van der Waals surface area contributed by atoms with Gasteiger partial charge in [0.15, 0.2) is 11.6 Å². The summed E-state index contributed by atoms with van der Waals surface area (Å²) >= 11 is 0. The molecule has 5 heteroatoms. The van der Waals surface area contributed by atoms with Gasteiger partial charge in [-0.15, -0.1) is 0 Å². The van der Waals surface area contributed by atoms with Gasteiger partial charge in [-0.05, 0) is 12.1 Å². The Bertz CT molecular complexity index is 395. The summed E-state index contributed by atoms with van der Waals surface area (Å²) in [7, 11) is 1.40. The highest BCUT2D eigenvalue weighted by Crippen LogP contribution is 2.25. The highest BCUT2D eigenvalue weighted by Gasteiger charge is 2.21. The van der Waals surface area contributed by atoms with Gasteiger partial charge in [0.1, 0.15) is 0 Å². The number of ether oxygens (including phenoxy) is 1. The van der Waals surface area contributed by atoms with Crippen molar-refractivity contribution in [1.29, 1.82) is 0 Å². The number of amides is 2. The lowest BCUT2D eigenvalue weighted by atomic mass is 10.2. The summed E-state index contributed by atoms with van der Waals surface area (Å²) < 4.78 is 18.0. The number of hydrogen-bond donors (Lipinski definition) is 1. The molecule has 1 aliphatic heterocycles. The van der Waals surface area contributed by atoms with Crippen molar-refractivity contribution < 1.29 is 13.9 Å². The third-order valence-electron chi connectivity index (χ3n) is 2.30. The number of hydrogen-bond acceptors (Lipinski definition) is 2. The van der Waals surface area contributed by atoms with Gasteiger partial charge in [-0.1, -0.05) is 0 Å². The van der Waals surface area contributed by atoms with Crippen LogP contribution in [0.4, 0.5) is 14.9 Å². The normalized spacial score (nSPS) is 15.3. The van der Waals surface area contributed by atoms with Gasteiger partial charge < -0.3 is 10.1 Å². The number of nitrogens with zero attached hydrogens (tertiary/aromatic N) is 1. The van der Waals surface area contributed by atoms with Gasteiger partial charge in [-0.25, -0.2) is 9.18 Å². The molecule has 15 heavy (non-hydrogen) atoms. The number of carbonyl (C=O) groups is 1. The summed E-state index contributed by atoms with van der Waals surface area (Å²) in [5, 5.41) is 2.67. The lowest BCUT2D eigenvalue weighted by Crippen LogP contribution is -2.27. The first-order valence-electron chi connectivity index (χ1n) is 4.61. The number of anilines is 1. The van der Waals surface area contributed by atoms with Crippen LogP contribution >= 0.6 is 0 Å². The van der Waals surface area contributed by atoms with E-state index in [9.17, 15) is 9.18 Å². The molecular formula is C10H11FN2O2. The zero-order valence-electron chi connectivity index (χ0n) is 8.29. The Morgan fingerprint density at radius 3 is 2.93 bits per heavy atom. The number of benzene rings is 1. The molecule has 0 atom stereocenters. The first-order valence-corrected chi connectivity index (χ1v) is 4.61. The molecule has 4 nitrogen and oxygen atoms in total. The summed E-state index contributed by atoms with van der Waals surface area (Å²) in [5.41, 5.74) is 0.642. The van der Waals surface area contributed by atoms with E-state index in [1.54, 1.807) is 11.0 Å². The van der Waals surface area contributed by atoms with Crippen LogP contribution in [0.3, 0.4) is 0 Å².